The van der Waals surface area contributed by atoms with Gasteiger partial charge in [0.2, 0.25) is 10.0 Å². The van der Waals surface area contributed by atoms with Crippen molar-refractivity contribution in [1.29, 1.82) is 0 Å². The van der Waals surface area contributed by atoms with Gasteiger partial charge < -0.3 is 9.84 Å². The lowest BCUT2D eigenvalue weighted by atomic mass is 9.87. The van der Waals surface area contributed by atoms with Gasteiger partial charge in [0.05, 0.1) is 12.0 Å². The van der Waals surface area contributed by atoms with Gasteiger partial charge in [-0.15, -0.1) is 6.58 Å². The number of likely N-dealkylation sites (tertiary alicyclic amines) is 1. The van der Waals surface area contributed by atoms with E-state index in [1.54, 1.807) is 35.7 Å². The quantitative estimate of drug-likeness (QED) is 0.674. The van der Waals surface area contributed by atoms with Crippen molar-refractivity contribution in [3.8, 4) is 5.75 Å². The fourth-order valence-corrected chi connectivity index (χ4v) is 5.63. The third-order valence-electron chi connectivity index (χ3n) is 5.55. The number of ether oxygens (including phenoxy) is 1. The van der Waals surface area contributed by atoms with E-state index in [1.807, 2.05) is 6.08 Å². The van der Waals surface area contributed by atoms with E-state index >= 15 is 0 Å². The van der Waals surface area contributed by atoms with Crippen LogP contribution in [0.3, 0.4) is 0 Å². The number of methoxy groups -OCH3 is 1. The highest BCUT2D eigenvalue weighted by atomic mass is 32.2. The molecule has 0 aliphatic carbocycles. The van der Waals surface area contributed by atoms with E-state index in [9.17, 15) is 21.6 Å². The molecule has 174 valence electrons. The van der Waals surface area contributed by atoms with E-state index in [1.165, 1.54) is 0 Å². The molecule has 1 spiro atoms. The minimum Gasteiger partial charge on any atom is -0.497 e. The predicted octanol–water partition coefficient (Wildman–Crippen LogP) is 3.13. The first-order valence-corrected chi connectivity index (χ1v) is 11.2. The summed E-state index contributed by atoms with van der Waals surface area (Å²) in [7, 11) is -1.89. The van der Waals surface area contributed by atoms with Crippen molar-refractivity contribution in [2.75, 3.05) is 33.3 Å². The standard InChI is InChI=1S/C18H26N2O3S.C2HF3O2/c1-3-12-19-13-4-10-18(19)11-5-14-20(15-18)24(21,22)17-8-6-16(23-2)7-9-17;3-2(4,5)1(6)7/h3,6-9H,1,4-5,10-15H2,2H3;(H,6,7). The average Bonchev–Trinajstić information content (AvgIpc) is 3.09. The molecular weight excluding hydrogens is 437 g/mol. The smallest absolute Gasteiger partial charge is 0.490 e. The zero-order chi connectivity index (χ0) is 23.3. The van der Waals surface area contributed by atoms with E-state index in [4.69, 9.17) is 14.6 Å². The van der Waals surface area contributed by atoms with Gasteiger partial charge in [-0.2, -0.15) is 17.5 Å². The molecular formula is C20H27F3N2O5S. The zero-order valence-corrected chi connectivity index (χ0v) is 18.1. The number of nitrogens with zero attached hydrogens (tertiary/aromatic N) is 2. The van der Waals surface area contributed by atoms with Gasteiger partial charge in [0.1, 0.15) is 5.75 Å². The Morgan fingerprint density at radius 3 is 2.26 bits per heavy atom. The molecule has 2 aliphatic heterocycles. The molecule has 1 aromatic carbocycles. The second kappa shape index (κ2) is 10.0. The van der Waals surface area contributed by atoms with E-state index in [0.29, 0.717) is 23.7 Å². The summed E-state index contributed by atoms with van der Waals surface area (Å²) in [6.45, 7) is 6.88. The van der Waals surface area contributed by atoms with Crippen LogP contribution in [0.25, 0.3) is 0 Å². The number of carboxylic acids is 1. The Balaban J connectivity index is 0.000000423. The predicted molar refractivity (Wildman–Crippen MR) is 108 cm³/mol. The number of halogens is 3. The molecule has 2 saturated heterocycles. The summed E-state index contributed by atoms with van der Waals surface area (Å²) < 4.78 is 64.6. The van der Waals surface area contributed by atoms with Crippen molar-refractivity contribution < 1.29 is 36.2 Å². The van der Waals surface area contributed by atoms with Crippen molar-refractivity contribution in [2.24, 2.45) is 0 Å². The van der Waals surface area contributed by atoms with Crippen molar-refractivity contribution in [3.05, 3.63) is 36.9 Å². The van der Waals surface area contributed by atoms with Crippen molar-refractivity contribution in [3.63, 3.8) is 0 Å². The summed E-state index contributed by atoms with van der Waals surface area (Å²) in [5.74, 6) is -2.09. The molecule has 0 amide bonds. The Hall–Kier alpha value is -2.11. The molecule has 11 heteroatoms. The Morgan fingerprint density at radius 1 is 1.23 bits per heavy atom. The number of benzene rings is 1. The maximum Gasteiger partial charge on any atom is 0.490 e. The Kier molecular flexibility index (Phi) is 8.12. The number of piperidine rings is 1. The largest absolute Gasteiger partial charge is 0.497 e. The molecule has 0 bridgehead atoms. The zero-order valence-electron chi connectivity index (χ0n) is 17.3. The van der Waals surface area contributed by atoms with Crippen LogP contribution in [-0.2, 0) is 14.8 Å². The number of alkyl halides is 3. The Labute approximate surface area is 180 Å². The summed E-state index contributed by atoms with van der Waals surface area (Å²) in [5, 5.41) is 7.12. The number of rotatable bonds is 5. The lowest BCUT2D eigenvalue weighted by molar-refractivity contribution is -0.192. The van der Waals surface area contributed by atoms with Crippen LogP contribution in [0.2, 0.25) is 0 Å². The van der Waals surface area contributed by atoms with Gasteiger partial charge in [0.15, 0.2) is 0 Å². The fourth-order valence-electron chi connectivity index (χ4n) is 4.07. The van der Waals surface area contributed by atoms with Crippen LogP contribution in [0, 0.1) is 0 Å². The molecule has 2 aliphatic rings. The van der Waals surface area contributed by atoms with Crippen LogP contribution in [0.1, 0.15) is 25.7 Å². The molecule has 1 atom stereocenters. The van der Waals surface area contributed by atoms with E-state index in [-0.39, 0.29) is 5.54 Å². The summed E-state index contributed by atoms with van der Waals surface area (Å²) in [6.07, 6.45) is 1.00. The molecule has 0 saturated carbocycles. The van der Waals surface area contributed by atoms with Crippen molar-refractivity contribution in [1.82, 2.24) is 9.21 Å². The van der Waals surface area contributed by atoms with Crippen molar-refractivity contribution >= 4 is 16.0 Å². The van der Waals surface area contributed by atoms with Gasteiger partial charge in [-0.05, 0) is 56.5 Å². The number of hydrogen-bond acceptors (Lipinski definition) is 5. The van der Waals surface area contributed by atoms with Crippen molar-refractivity contribution in [2.45, 2.75) is 42.3 Å². The second-order valence-electron chi connectivity index (χ2n) is 7.48. The van der Waals surface area contributed by atoms with Crippen LogP contribution in [0.5, 0.6) is 5.75 Å². The fraction of sp³-hybridized carbons (Fsp3) is 0.550. The number of sulfonamides is 1. The number of carbonyl (C=O) groups is 1. The molecule has 2 fully saturated rings. The molecule has 2 heterocycles. The van der Waals surface area contributed by atoms with E-state index in [0.717, 1.165) is 38.8 Å². The molecule has 0 aromatic heterocycles. The third-order valence-corrected chi connectivity index (χ3v) is 7.41. The maximum absolute atomic E-state index is 13.0. The van der Waals surface area contributed by atoms with Crippen LogP contribution in [-0.4, -0.2) is 73.7 Å². The topological polar surface area (TPSA) is 87.2 Å². The van der Waals surface area contributed by atoms with Gasteiger partial charge in [-0.3, -0.25) is 4.90 Å². The number of aliphatic carboxylic acids is 1. The molecule has 1 aromatic rings. The lowest BCUT2D eigenvalue weighted by Gasteiger charge is -2.45. The van der Waals surface area contributed by atoms with Crippen LogP contribution >= 0.6 is 0 Å². The van der Waals surface area contributed by atoms with Gasteiger partial charge in [-0.25, -0.2) is 13.2 Å². The third kappa shape index (κ3) is 5.98. The van der Waals surface area contributed by atoms with Gasteiger partial charge in [0, 0.05) is 25.2 Å². The summed E-state index contributed by atoms with van der Waals surface area (Å²) in [5.41, 5.74) is -0.0218. The highest BCUT2D eigenvalue weighted by Gasteiger charge is 2.46. The van der Waals surface area contributed by atoms with Gasteiger partial charge >= 0.3 is 12.1 Å². The summed E-state index contributed by atoms with van der Waals surface area (Å²) in [6, 6.07) is 6.66. The Morgan fingerprint density at radius 2 is 1.77 bits per heavy atom. The van der Waals surface area contributed by atoms with Crippen LogP contribution < -0.4 is 4.74 Å². The first kappa shape index (κ1) is 25.2. The molecule has 1 unspecified atom stereocenters. The van der Waals surface area contributed by atoms with E-state index < -0.39 is 22.2 Å². The van der Waals surface area contributed by atoms with Crippen LogP contribution in [0.4, 0.5) is 13.2 Å². The minimum atomic E-state index is -5.08. The highest BCUT2D eigenvalue weighted by molar-refractivity contribution is 7.89. The van der Waals surface area contributed by atoms with Crippen LogP contribution in [0.15, 0.2) is 41.8 Å². The number of carboxylic acid groups (broad SMARTS) is 1. The number of hydrogen-bond donors (Lipinski definition) is 1. The molecule has 7 nitrogen and oxygen atoms in total. The average molecular weight is 465 g/mol. The SMILES string of the molecule is C=CCN1CCCC12CCCN(S(=O)(=O)c1ccc(OC)cc1)C2.O=C(O)C(F)(F)F. The second-order valence-corrected chi connectivity index (χ2v) is 9.42. The normalized spacial score (nSPS) is 22.6. The molecule has 3 rings (SSSR count). The lowest BCUT2D eigenvalue weighted by Crippen LogP contribution is -2.56. The monoisotopic (exact) mass is 464 g/mol. The molecule has 0 radical (unpaired) electrons. The first-order chi connectivity index (χ1) is 14.5. The first-order valence-electron chi connectivity index (χ1n) is 9.76. The summed E-state index contributed by atoms with van der Waals surface area (Å²) >= 11 is 0. The highest BCUT2D eigenvalue weighted by Crippen LogP contribution is 2.38. The van der Waals surface area contributed by atoms with Gasteiger partial charge in [0.25, 0.3) is 0 Å². The van der Waals surface area contributed by atoms with E-state index in [2.05, 4.69) is 11.5 Å². The maximum atomic E-state index is 13.0. The molecule has 1 N–H and O–H groups in total. The minimum absolute atomic E-state index is 0.0218. The molecule has 31 heavy (non-hydrogen) atoms. The van der Waals surface area contributed by atoms with Gasteiger partial charge in [-0.1, -0.05) is 6.08 Å². The summed E-state index contributed by atoms with van der Waals surface area (Å²) in [4.78, 5) is 11.6. The Bertz CT molecular complexity index is 874.